The predicted octanol–water partition coefficient (Wildman–Crippen LogP) is -0.786. The van der Waals surface area contributed by atoms with Gasteiger partial charge in [-0.15, -0.1) is 0 Å². The van der Waals surface area contributed by atoms with Crippen molar-refractivity contribution < 1.29 is 23.1 Å². The van der Waals surface area contributed by atoms with Gasteiger partial charge in [-0.2, -0.15) is 0 Å². The van der Waals surface area contributed by atoms with Gasteiger partial charge in [0, 0.05) is 6.04 Å². The van der Waals surface area contributed by atoms with Crippen molar-refractivity contribution in [3.05, 3.63) is 0 Å². The van der Waals surface area contributed by atoms with Gasteiger partial charge in [-0.3, -0.25) is 9.59 Å². The van der Waals surface area contributed by atoms with Crippen LogP contribution in [0, 0.1) is 0 Å². The van der Waals surface area contributed by atoms with Crippen molar-refractivity contribution in [1.29, 1.82) is 0 Å². The van der Waals surface area contributed by atoms with Crippen LogP contribution in [0.1, 0.15) is 26.2 Å². The maximum atomic E-state index is 12.1. The largest absolute Gasteiger partial charge is 0.480 e. The van der Waals surface area contributed by atoms with Crippen molar-refractivity contribution >= 4 is 21.7 Å². The molecular weight excluding hydrogens is 272 g/mol. The van der Waals surface area contributed by atoms with Gasteiger partial charge in [-0.25, -0.2) is 8.42 Å². The zero-order valence-corrected chi connectivity index (χ0v) is 11.7. The Morgan fingerprint density at radius 1 is 1.47 bits per heavy atom. The molecular formula is C11H20N2O5S. The molecule has 8 heteroatoms. The number of carbonyl (C=O) groups is 2. The molecule has 2 atom stereocenters. The summed E-state index contributed by atoms with van der Waals surface area (Å²) in [7, 11) is -3.18. The summed E-state index contributed by atoms with van der Waals surface area (Å²) in [6.07, 6.45) is 1.44. The minimum atomic E-state index is -3.18. The standard InChI is InChI=1S/C11H20N2O5S/c1-2-3-9(12)11(16)13(6-10(14)15)8-4-5-19(17,18)7-8/h8-9H,2-7,12H2,1H3,(H,14,15)/t8?,9-/m1/s1. The normalized spacial score (nSPS) is 22.9. The molecule has 0 saturated carbocycles. The lowest BCUT2D eigenvalue weighted by atomic mass is 10.1. The first-order chi connectivity index (χ1) is 8.76. The van der Waals surface area contributed by atoms with Crippen LogP contribution in [-0.2, 0) is 19.4 Å². The van der Waals surface area contributed by atoms with Gasteiger partial charge in [0.15, 0.2) is 9.84 Å². The van der Waals surface area contributed by atoms with Crippen LogP contribution in [0.3, 0.4) is 0 Å². The zero-order chi connectivity index (χ0) is 14.6. The Morgan fingerprint density at radius 3 is 2.53 bits per heavy atom. The third kappa shape index (κ3) is 4.46. The number of nitrogens with zero attached hydrogens (tertiary/aromatic N) is 1. The molecule has 1 aliphatic rings. The van der Waals surface area contributed by atoms with Crippen molar-refractivity contribution in [2.45, 2.75) is 38.3 Å². The maximum absolute atomic E-state index is 12.1. The lowest BCUT2D eigenvalue weighted by Gasteiger charge is -2.29. The fraction of sp³-hybridized carbons (Fsp3) is 0.818. The van der Waals surface area contributed by atoms with Gasteiger partial charge in [-0.05, 0) is 12.8 Å². The van der Waals surface area contributed by atoms with Crippen molar-refractivity contribution in [1.82, 2.24) is 4.90 Å². The Hall–Kier alpha value is -1.15. The third-order valence-corrected chi connectivity index (χ3v) is 4.91. The highest BCUT2D eigenvalue weighted by Gasteiger charge is 2.36. The number of aliphatic carboxylic acids is 1. The van der Waals surface area contributed by atoms with Crippen LogP contribution in [-0.4, -0.2) is 60.4 Å². The number of hydrogen-bond acceptors (Lipinski definition) is 5. The van der Waals surface area contributed by atoms with E-state index in [0.717, 1.165) is 4.90 Å². The molecule has 0 aromatic heterocycles. The Balaban J connectivity index is 2.83. The molecule has 1 amide bonds. The van der Waals surface area contributed by atoms with E-state index in [9.17, 15) is 18.0 Å². The van der Waals surface area contributed by atoms with E-state index in [1.54, 1.807) is 0 Å². The maximum Gasteiger partial charge on any atom is 0.323 e. The Morgan fingerprint density at radius 2 is 2.11 bits per heavy atom. The van der Waals surface area contributed by atoms with Crippen LogP contribution >= 0.6 is 0 Å². The lowest BCUT2D eigenvalue weighted by Crippen LogP contribution is -2.51. The molecule has 19 heavy (non-hydrogen) atoms. The van der Waals surface area contributed by atoms with Crippen molar-refractivity contribution in [2.75, 3.05) is 18.1 Å². The van der Waals surface area contributed by atoms with Gasteiger partial charge >= 0.3 is 5.97 Å². The highest BCUT2D eigenvalue weighted by atomic mass is 32.2. The Bertz CT molecular complexity index is 448. The fourth-order valence-corrected chi connectivity index (χ4v) is 3.93. The molecule has 0 aliphatic carbocycles. The van der Waals surface area contributed by atoms with Crippen LogP contribution in [0.15, 0.2) is 0 Å². The number of nitrogens with two attached hydrogens (primary N) is 1. The number of carboxylic acids is 1. The van der Waals surface area contributed by atoms with E-state index in [0.29, 0.717) is 12.8 Å². The molecule has 110 valence electrons. The smallest absolute Gasteiger partial charge is 0.323 e. The molecule has 1 aliphatic heterocycles. The number of hydrogen-bond donors (Lipinski definition) is 2. The highest BCUT2D eigenvalue weighted by Crippen LogP contribution is 2.19. The second-order valence-electron chi connectivity index (χ2n) is 4.81. The van der Waals surface area contributed by atoms with E-state index in [4.69, 9.17) is 10.8 Å². The molecule has 1 heterocycles. The second kappa shape index (κ2) is 6.33. The number of carbonyl (C=O) groups excluding carboxylic acids is 1. The zero-order valence-electron chi connectivity index (χ0n) is 10.9. The highest BCUT2D eigenvalue weighted by molar-refractivity contribution is 7.91. The van der Waals surface area contributed by atoms with E-state index >= 15 is 0 Å². The second-order valence-corrected chi connectivity index (χ2v) is 7.04. The van der Waals surface area contributed by atoms with Gasteiger partial charge in [0.05, 0.1) is 17.5 Å². The summed E-state index contributed by atoms with van der Waals surface area (Å²) in [5.41, 5.74) is 5.71. The topological polar surface area (TPSA) is 118 Å². The summed E-state index contributed by atoms with van der Waals surface area (Å²) in [5.74, 6) is -1.83. The lowest BCUT2D eigenvalue weighted by molar-refractivity contribution is -0.146. The van der Waals surface area contributed by atoms with E-state index in [2.05, 4.69) is 0 Å². The summed E-state index contributed by atoms with van der Waals surface area (Å²) in [6, 6.07) is -1.34. The van der Waals surface area contributed by atoms with Gasteiger partial charge < -0.3 is 15.7 Å². The molecule has 0 aromatic carbocycles. The minimum absolute atomic E-state index is 0.00984. The van der Waals surface area contributed by atoms with E-state index in [-0.39, 0.29) is 17.9 Å². The van der Waals surface area contributed by atoms with Gasteiger partial charge in [0.25, 0.3) is 0 Å². The van der Waals surface area contributed by atoms with Crippen LogP contribution in [0.4, 0.5) is 0 Å². The van der Waals surface area contributed by atoms with Crippen LogP contribution in [0.25, 0.3) is 0 Å². The van der Waals surface area contributed by atoms with Gasteiger partial charge in [-0.1, -0.05) is 13.3 Å². The van der Waals surface area contributed by atoms with Crippen LogP contribution < -0.4 is 5.73 Å². The molecule has 1 fully saturated rings. The summed E-state index contributed by atoms with van der Waals surface area (Å²) < 4.78 is 22.9. The fourth-order valence-electron chi connectivity index (χ4n) is 2.20. The van der Waals surface area contributed by atoms with Crippen LogP contribution in [0.5, 0.6) is 0 Å². The van der Waals surface area contributed by atoms with Crippen LogP contribution in [0.2, 0.25) is 0 Å². The average molecular weight is 292 g/mol. The molecule has 1 saturated heterocycles. The summed E-state index contributed by atoms with van der Waals surface area (Å²) in [4.78, 5) is 24.0. The molecule has 0 spiro atoms. The Kier molecular flexibility index (Phi) is 5.30. The number of sulfone groups is 1. The molecule has 0 radical (unpaired) electrons. The SMILES string of the molecule is CCC[C@@H](N)C(=O)N(CC(=O)O)C1CCS(=O)(=O)C1. The molecule has 3 N–H and O–H groups in total. The van der Waals surface area contributed by atoms with Crippen molar-refractivity contribution in [3.63, 3.8) is 0 Å². The van der Waals surface area contributed by atoms with Gasteiger partial charge in [0.2, 0.25) is 5.91 Å². The van der Waals surface area contributed by atoms with E-state index < -0.39 is 40.3 Å². The molecule has 0 aromatic rings. The summed E-state index contributed by atoms with van der Waals surface area (Å²) in [5, 5.41) is 8.85. The van der Waals surface area contributed by atoms with E-state index in [1.165, 1.54) is 0 Å². The molecule has 1 unspecified atom stereocenters. The quantitative estimate of drug-likeness (QED) is 0.662. The number of rotatable bonds is 6. The van der Waals surface area contributed by atoms with Crippen molar-refractivity contribution in [2.24, 2.45) is 5.73 Å². The molecule has 1 rings (SSSR count). The van der Waals surface area contributed by atoms with Gasteiger partial charge in [0.1, 0.15) is 6.54 Å². The average Bonchev–Trinajstić information content (AvgIpc) is 2.65. The Labute approximate surface area is 112 Å². The predicted molar refractivity (Wildman–Crippen MR) is 69.3 cm³/mol. The molecule has 7 nitrogen and oxygen atoms in total. The van der Waals surface area contributed by atoms with E-state index in [1.807, 2.05) is 6.92 Å². The third-order valence-electron chi connectivity index (χ3n) is 3.15. The summed E-state index contributed by atoms with van der Waals surface area (Å²) in [6.45, 7) is 1.37. The monoisotopic (exact) mass is 292 g/mol. The first-order valence-electron chi connectivity index (χ1n) is 6.25. The van der Waals surface area contributed by atoms with Crippen molar-refractivity contribution in [3.8, 4) is 0 Å². The first-order valence-corrected chi connectivity index (χ1v) is 8.07. The molecule has 0 bridgehead atoms. The summed E-state index contributed by atoms with van der Waals surface area (Å²) >= 11 is 0. The number of carboxylic acid groups (broad SMARTS) is 1. The minimum Gasteiger partial charge on any atom is -0.480 e. The number of amides is 1. The first kappa shape index (κ1) is 15.9.